The predicted molar refractivity (Wildman–Crippen MR) is 98.3 cm³/mol. The second-order valence-electron chi connectivity index (χ2n) is 6.35. The smallest absolute Gasteiger partial charge is 0.255 e. The third kappa shape index (κ3) is 3.63. The Bertz CT molecular complexity index is 713. The van der Waals surface area contributed by atoms with Crippen molar-refractivity contribution in [3.63, 3.8) is 0 Å². The Hall–Kier alpha value is -2.48. The van der Waals surface area contributed by atoms with Crippen molar-refractivity contribution in [1.29, 1.82) is 0 Å². The summed E-state index contributed by atoms with van der Waals surface area (Å²) >= 11 is 0. The molecule has 8 nitrogen and oxygen atoms in total. The molecule has 1 aliphatic heterocycles. The molecular weight excluding hydrogens is 318 g/mol. The number of carbonyl (C=O) groups is 1. The summed E-state index contributed by atoms with van der Waals surface area (Å²) in [4.78, 5) is 25.5. The average Bonchev–Trinajstić information content (AvgIpc) is 2.98. The van der Waals surface area contributed by atoms with Crippen LogP contribution in [-0.4, -0.2) is 40.7 Å². The molecule has 1 aliphatic carbocycles. The number of nitrogens with two attached hydrogens (primary N) is 2. The molecule has 2 atom stereocenters. The van der Waals surface area contributed by atoms with Crippen LogP contribution in [0.25, 0.3) is 5.57 Å². The number of nitrogens with one attached hydrogen (secondary N) is 2. The highest BCUT2D eigenvalue weighted by atomic mass is 16.1. The molecule has 0 aromatic carbocycles. The second-order valence-corrected chi connectivity index (χ2v) is 6.35. The zero-order valence-electron chi connectivity index (χ0n) is 14.5. The van der Waals surface area contributed by atoms with Crippen LogP contribution in [0.2, 0.25) is 0 Å². The van der Waals surface area contributed by atoms with Crippen molar-refractivity contribution in [2.45, 2.75) is 51.2 Å². The van der Waals surface area contributed by atoms with Gasteiger partial charge in [-0.3, -0.25) is 9.79 Å². The first-order valence-electron chi connectivity index (χ1n) is 8.77. The SMILES string of the molecule is CCN=CC(=CN)c1nc(NC2CCCCC2N)nc2c1C(=O)NC2. The number of fused-ring (bicyclic) bond motifs is 1. The Labute approximate surface area is 147 Å². The van der Waals surface area contributed by atoms with Crippen LogP contribution < -0.4 is 22.1 Å². The van der Waals surface area contributed by atoms with Crippen molar-refractivity contribution in [1.82, 2.24) is 15.3 Å². The maximum Gasteiger partial charge on any atom is 0.255 e. The number of carbonyl (C=O) groups excluding carboxylic acids is 1. The van der Waals surface area contributed by atoms with Gasteiger partial charge < -0.3 is 22.1 Å². The van der Waals surface area contributed by atoms with Crippen LogP contribution in [0.15, 0.2) is 11.2 Å². The number of aromatic nitrogens is 2. The normalized spacial score (nSPS) is 23.6. The molecule has 0 bridgehead atoms. The quantitative estimate of drug-likeness (QED) is 0.585. The van der Waals surface area contributed by atoms with Crippen molar-refractivity contribution in [2.24, 2.45) is 16.5 Å². The van der Waals surface area contributed by atoms with Gasteiger partial charge in [-0.25, -0.2) is 9.97 Å². The highest BCUT2D eigenvalue weighted by molar-refractivity contribution is 6.14. The van der Waals surface area contributed by atoms with Crippen molar-refractivity contribution >= 4 is 23.6 Å². The lowest BCUT2D eigenvalue weighted by molar-refractivity contribution is 0.0965. The van der Waals surface area contributed by atoms with Gasteiger partial charge in [0.15, 0.2) is 0 Å². The zero-order valence-corrected chi connectivity index (χ0v) is 14.5. The fourth-order valence-electron chi connectivity index (χ4n) is 3.28. The highest BCUT2D eigenvalue weighted by Crippen LogP contribution is 2.25. The van der Waals surface area contributed by atoms with Crippen LogP contribution >= 0.6 is 0 Å². The van der Waals surface area contributed by atoms with Gasteiger partial charge in [0.05, 0.1) is 23.5 Å². The number of hydrogen-bond donors (Lipinski definition) is 4. The van der Waals surface area contributed by atoms with Crippen LogP contribution in [0.1, 0.15) is 54.4 Å². The second kappa shape index (κ2) is 7.60. The summed E-state index contributed by atoms with van der Waals surface area (Å²) in [7, 11) is 0. The summed E-state index contributed by atoms with van der Waals surface area (Å²) in [6.45, 7) is 2.94. The van der Waals surface area contributed by atoms with E-state index in [4.69, 9.17) is 11.5 Å². The Balaban J connectivity index is 1.97. The van der Waals surface area contributed by atoms with E-state index in [-0.39, 0.29) is 18.0 Å². The maximum atomic E-state index is 12.2. The number of hydrogen-bond acceptors (Lipinski definition) is 7. The number of amides is 1. The van der Waals surface area contributed by atoms with Crippen LogP contribution in [-0.2, 0) is 6.54 Å². The molecule has 134 valence electrons. The van der Waals surface area contributed by atoms with Crippen LogP contribution in [0.4, 0.5) is 5.95 Å². The number of aliphatic imine (C=N–C) groups is 1. The summed E-state index contributed by atoms with van der Waals surface area (Å²) in [6, 6.07) is 0.222. The molecule has 25 heavy (non-hydrogen) atoms. The molecule has 0 spiro atoms. The monoisotopic (exact) mass is 343 g/mol. The molecule has 1 aromatic heterocycles. The van der Waals surface area contributed by atoms with Gasteiger partial charge in [0.1, 0.15) is 0 Å². The van der Waals surface area contributed by atoms with E-state index < -0.39 is 0 Å². The predicted octanol–water partition coefficient (Wildman–Crippen LogP) is 0.792. The van der Waals surface area contributed by atoms with Crippen molar-refractivity contribution < 1.29 is 4.79 Å². The lowest BCUT2D eigenvalue weighted by atomic mass is 9.91. The minimum Gasteiger partial charge on any atom is -0.404 e. The number of nitrogens with zero attached hydrogens (tertiary/aromatic N) is 3. The minimum atomic E-state index is -0.185. The van der Waals surface area contributed by atoms with Crippen LogP contribution in [0.3, 0.4) is 0 Å². The van der Waals surface area contributed by atoms with E-state index >= 15 is 0 Å². The lowest BCUT2D eigenvalue weighted by Crippen LogP contribution is -2.43. The zero-order chi connectivity index (χ0) is 17.8. The molecule has 1 amide bonds. The average molecular weight is 343 g/mol. The first kappa shape index (κ1) is 17.3. The molecular formula is C17H25N7O. The Kier molecular flexibility index (Phi) is 5.28. The Morgan fingerprint density at radius 2 is 2.20 bits per heavy atom. The van der Waals surface area contributed by atoms with Crippen molar-refractivity contribution in [2.75, 3.05) is 11.9 Å². The van der Waals surface area contributed by atoms with Gasteiger partial charge in [-0.15, -0.1) is 0 Å². The van der Waals surface area contributed by atoms with Gasteiger partial charge in [-0.05, 0) is 19.8 Å². The van der Waals surface area contributed by atoms with Crippen LogP contribution in [0.5, 0.6) is 0 Å². The molecule has 0 saturated heterocycles. The van der Waals surface area contributed by atoms with Gasteiger partial charge in [-0.1, -0.05) is 12.8 Å². The summed E-state index contributed by atoms with van der Waals surface area (Å²) < 4.78 is 0. The molecule has 2 aliphatic rings. The molecule has 8 heteroatoms. The minimum absolute atomic E-state index is 0.0833. The van der Waals surface area contributed by atoms with Gasteiger partial charge in [-0.2, -0.15) is 0 Å². The Morgan fingerprint density at radius 1 is 1.40 bits per heavy atom. The van der Waals surface area contributed by atoms with E-state index in [2.05, 4.69) is 25.6 Å². The summed E-state index contributed by atoms with van der Waals surface area (Å²) in [5.74, 6) is 0.298. The van der Waals surface area contributed by atoms with Crippen molar-refractivity contribution in [3.05, 3.63) is 23.2 Å². The largest absolute Gasteiger partial charge is 0.404 e. The van der Waals surface area contributed by atoms with Gasteiger partial charge >= 0.3 is 0 Å². The third-order valence-corrected chi connectivity index (χ3v) is 4.63. The first-order valence-corrected chi connectivity index (χ1v) is 8.77. The molecule has 3 rings (SSSR count). The topological polar surface area (TPSA) is 131 Å². The van der Waals surface area contributed by atoms with Gasteiger partial charge in [0.2, 0.25) is 5.95 Å². The molecule has 2 heterocycles. The van der Waals surface area contributed by atoms with Gasteiger partial charge in [0.25, 0.3) is 5.91 Å². The highest BCUT2D eigenvalue weighted by Gasteiger charge is 2.29. The number of allylic oxidation sites excluding steroid dienone is 1. The summed E-state index contributed by atoms with van der Waals surface area (Å²) in [6.07, 6.45) is 7.34. The van der Waals surface area contributed by atoms with Gasteiger partial charge in [0, 0.05) is 36.6 Å². The molecule has 2 unspecified atom stereocenters. The van der Waals surface area contributed by atoms with E-state index in [1.54, 1.807) is 6.21 Å². The Morgan fingerprint density at radius 3 is 2.92 bits per heavy atom. The molecule has 6 N–H and O–H groups in total. The fourth-order valence-corrected chi connectivity index (χ4v) is 3.28. The molecule has 0 radical (unpaired) electrons. The molecule has 1 saturated carbocycles. The standard InChI is InChI=1S/C17H25N7O/c1-2-20-8-10(7-18)15-14-13(9-21-16(14)25)23-17(24-15)22-12-6-4-3-5-11(12)19/h7-8,11-12H,2-6,9,18-19H2,1H3,(H,21,25)(H,22,23,24). The first-order chi connectivity index (χ1) is 12.1. The lowest BCUT2D eigenvalue weighted by Gasteiger charge is -2.29. The van der Waals surface area contributed by atoms with E-state index in [0.29, 0.717) is 41.6 Å². The van der Waals surface area contributed by atoms with E-state index in [9.17, 15) is 4.79 Å². The van der Waals surface area contributed by atoms with E-state index in [1.165, 1.54) is 6.20 Å². The fraction of sp³-hybridized carbons (Fsp3) is 0.529. The summed E-state index contributed by atoms with van der Waals surface area (Å²) in [5, 5.41) is 6.15. The third-order valence-electron chi connectivity index (χ3n) is 4.63. The van der Waals surface area contributed by atoms with Crippen molar-refractivity contribution in [3.8, 4) is 0 Å². The molecule has 1 fully saturated rings. The number of rotatable bonds is 5. The molecule has 1 aromatic rings. The number of anilines is 1. The summed E-state index contributed by atoms with van der Waals surface area (Å²) in [5.41, 5.74) is 14.2. The van der Waals surface area contributed by atoms with E-state index in [1.807, 2.05) is 6.92 Å². The maximum absolute atomic E-state index is 12.2. The van der Waals surface area contributed by atoms with E-state index in [0.717, 1.165) is 25.7 Å². The van der Waals surface area contributed by atoms with Crippen LogP contribution in [0, 0.1) is 0 Å².